The Morgan fingerprint density at radius 2 is 1.78 bits per heavy atom. The number of amides is 2. The Kier molecular flexibility index (Phi) is 6.82. The molecular weight excluding hydrogens is 348 g/mol. The van der Waals surface area contributed by atoms with Crippen LogP contribution in [0, 0.1) is 13.8 Å². The van der Waals surface area contributed by atoms with E-state index >= 15 is 0 Å². The fraction of sp³-hybridized carbons (Fsp3) is 0.550. The molecule has 1 N–H and O–H groups in total. The van der Waals surface area contributed by atoms with E-state index in [-0.39, 0.29) is 11.8 Å². The number of rotatable bonds is 7. The van der Waals surface area contributed by atoms with Gasteiger partial charge in [-0.3, -0.25) is 9.59 Å². The molecule has 0 aromatic heterocycles. The smallest absolute Gasteiger partial charge is 0.341 e. The van der Waals surface area contributed by atoms with E-state index in [1.165, 1.54) is 0 Å². The first-order valence-corrected chi connectivity index (χ1v) is 9.35. The van der Waals surface area contributed by atoms with Gasteiger partial charge in [0.1, 0.15) is 11.8 Å². The average Bonchev–Trinajstić information content (AvgIpc) is 3.10. The zero-order chi connectivity index (χ0) is 20.1. The van der Waals surface area contributed by atoms with Crippen molar-refractivity contribution < 1.29 is 24.2 Å². The van der Waals surface area contributed by atoms with E-state index in [4.69, 9.17) is 9.84 Å². The van der Waals surface area contributed by atoms with Crippen molar-refractivity contribution in [3.8, 4) is 5.75 Å². The van der Waals surface area contributed by atoms with Crippen molar-refractivity contribution in [3.63, 3.8) is 0 Å². The lowest BCUT2D eigenvalue weighted by Crippen LogP contribution is -2.47. The highest BCUT2D eigenvalue weighted by Gasteiger charge is 2.36. The molecule has 1 atom stereocenters. The molecule has 1 aliphatic rings. The maximum atomic E-state index is 13.1. The van der Waals surface area contributed by atoms with Crippen molar-refractivity contribution in [1.82, 2.24) is 9.80 Å². The standard InChI is InChI=1S/C20H28N2O5/c1-5-21(6-2)20(26)16-8-7-9-22(16)19(25)15-10-13(3)18(14(4)11-15)27-12-17(23)24/h10-11,16H,5-9,12H2,1-4H3,(H,23,24). The van der Waals surface area contributed by atoms with Crippen LogP contribution in [0.3, 0.4) is 0 Å². The van der Waals surface area contributed by atoms with Crippen molar-refractivity contribution in [2.24, 2.45) is 0 Å². The molecule has 2 rings (SSSR count). The highest BCUT2D eigenvalue weighted by Crippen LogP contribution is 2.28. The van der Waals surface area contributed by atoms with Crippen LogP contribution in [0.5, 0.6) is 5.75 Å². The van der Waals surface area contributed by atoms with Gasteiger partial charge in [-0.1, -0.05) is 0 Å². The predicted molar refractivity (Wildman–Crippen MR) is 101 cm³/mol. The Labute approximate surface area is 159 Å². The quantitative estimate of drug-likeness (QED) is 0.789. The summed E-state index contributed by atoms with van der Waals surface area (Å²) in [7, 11) is 0. The van der Waals surface area contributed by atoms with Gasteiger partial charge in [-0.05, 0) is 63.8 Å². The topological polar surface area (TPSA) is 87.2 Å². The van der Waals surface area contributed by atoms with E-state index in [1.807, 2.05) is 13.8 Å². The number of hydrogen-bond donors (Lipinski definition) is 1. The van der Waals surface area contributed by atoms with E-state index in [2.05, 4.69) is 0 Å². The highest BCUT2D eigenvalue weighted by molar-refractivity contribution is 5.98. The molecule has 1 heterocycles. The summed E-state index contributed by atoms with van der Waals surface area (Å²) in [6.45, 7) is 8.82. The fourth-order valence-corrected chi connectivity index (χ4v) is 3.61. The van der Waals surface area contributed by atoms with Crippen LogP contribution in [0.2, 0.25) is 0 Å². The molecule has 148 valence electrons. The van der Waals surface area contributed by atoms with E-state index in [0.717, 1.165) is 6.42 Å². The Balaban J connectivity index is 2.23. The number of carboxylic acid groups (broad SMARTS) is 1. The van der Waals surface area contributed by atoms with Crippen molar-refractivity contribution in [2.75, 3.05) is 26.2 Å². The minimum Gasteiger partial charge on any atom is -0.481 e. The second-order valence-electron chi connectivity index (χ2n) is 6.79. The van der Waals surface area contributed by atoms with Gasteiger partial charge in [0.05, 0.1) is 0 Å². The van der Waals surface area contributed by atoms with Gasteiger partial charge >= 0.3 is 5.97 Å². The van der Waals surface area contributed by atoms with Gasteiger partial charge in [0.25, 0.3) is 5.91 Å². The Hall–Kier alpha value is -2.57. The van der Waals surface area contributed by atoms with Gasteiger partial charge in [-0.25, -0.2) is 4.79 Å². The summed E-state index contributed by atoms with van der Waals surface area (Å²) < 4.78 is 5.32. The van der Waals surface area contributed by atoms with Crippen LogP contribution in [0.25, 0.3) is 0 Å². The van der Waals surface area contributed by atoms with Crippen LogP contribution in [0.4, 0.5) is 0 Å². The number of aryl methyl sites for hydroxylation is 2. The number of carbonyl (C=O) groups is 3. The Bertz CT molecular complexity index is 704. The van der Waals surface area contributed by atoms with Crippen LogP contribution in [-0.4, -0.2) is 65.0 Å². The predicted octanol–water partition coefficient (Wildman–Crippen LogP) is 2.24. The number of hydrogen-bond acceptors (Lipinski definition) is 4. The zero-order valence-corrected chi connectivity index (χ0v) is 16.4. The number of carboxylic acids is 1. The van der Waals surface area contributed by atoms with E-state index < -0.39 is 18.6 Å². The first-order valence-electron chi connectivity index (χ1n) is 9.35. The molecule has 7 heteroatoms. The van der Waals surface area contributed by atoms with Crippen LogP contribution in [0.1, 0.15) is 48.2 Å². The van der Waals surface area contributed by atoms with Crippen LogP contribution in [0.15, 0.2) is 12.1 Å². The van der Waals surface area contributed by atoms with Gasteiger partial charge in [0.2, 0.25) is 5.91 Å². The molecule has 0 bridgehead atoms. The van der Waals surface area contributed by atoms with Crippen molar-refractivity contribution in [3.05, 3.63) is 28.8 Å². The third-order valence-corrected chi connectivity index (χ3v) is 4.92. The van der Waals surface area contributed by atoms with Crippen LogP contribution < -0.4 is 4.74 Å². The highest BCUT2D eigenvalue weighted by atomic mass is 16.5. The number of likely N-dealkylation sites (tertiary alicyclic amines) is 1. The lowest BCUT2D eigenvalue weighted by Gasteiger charge is -2.29. The largest absolute Gasteiger partial charge is 0.481 e. The molecule has 1 fully saturated rings. The van der Waals surface area contributed by atoms with Crippen molar-refractivity contribution in [1.29, 1.82) is 0 Å². The minimum atomic E-state index is -1.05. The number of carbonyl (C=O) groups excluding carboxylic acids is 2. The molecule has 1 aromatic rings. The monoisotopic (exact) mass is 376 g/mol. The molecule has 0 spiro atoms. The molecular formula is C20H28N2O5. The molecule has 0 aliphatic carbocycles. The second kappa shape index (κ2) is 8.88. The summed E-state index contributed by atoms with van der Waals surface area (Å²) in [4.78, 5) is 40.0. The van der Waals surface area contributed by atoms with Crippen LogP contribution in [-0.2, 0) is 9.59 Å². The normalized spacial score (nSPS) is 16.3. The number of aliphatic carboxylic acids is 1. The summed E-state index contributed by atoms with van der Waals surface area (Å²) in [6, 6.07) is 2.98. The minimum absolute atomic E-state index is 0.000653. The molecule has 1 unspecified atom stereocenters. The van der Waals surface area contributed by atoms with E-state index in [1.54, 1.807) is 35.8 Å². The number of likely N-dealkylation sites (N-methyl/N-ethyl adjacent to an activating group) is 1. The summed E-state index contributed by atoms with van der Waals surface area (Å²) in [6.07, 6.45) is 1.49. The Morgan fingerprint density at radius 1 is 1.19 bits per heavy atom. The molecule has 0 saturated carbocycles. The van der Waals surface area contributed by atoms with Crippen molar-refractivity contribution >= 4 is 17.8 Å². The first-order chi connectivity index (χ1) is 12.8. The van der Waals surface area contributed by atoms with Gasteiger partial charge in [0.15, 0.2) is 6.61 Å². The number of ether oxygens (including phenoxy) is 1. The Morgan fingerprint density at radius 3 is 2.30 bits per heavy atom. The van der Waals surface area contributed by atoms with Gasteiger partial charge < -0.3 is 19.6 Å². The lowest BCUT2D eigenvalue weighted by molar-refractivity contribution is -0.139. The van der Waals surface area contributed by atoms with Gasteiger partial charge in [-0.15, -0.1) is 0 Å². The molecule has 1 saturated heterocycles. The number of nitrogens with zero attached hydrogens (tertiary/aromatic N) is 2. The maximum absolute atomic E-state index is 13.1. The molecule has 0 radical (unpaired) electrons. The lowest BCUT2D eigenvalue weighted by atomic mass is 10.0. The third kappa shape index (κ3) is 4.59. The summed E-state index contributed by atoms with van der Waals surface area (Å²) >= 11 is 0. The summed E-state index contributed by atoms with van der Waals surface area (Å²) in [5.74, 6) is -0.746. The second-order valence-corrected chi connectivity index (χ2v) is 6.79. The summed E-state index contributed by atoms with van der Waals surface area (Å²) in [5.41, 5.74) is 1.89. The maximum Gasteiger partial charge on any atom is 0.341 e. The van der Waals surface area contributed by atoms with Crippen LogP contribution >= 0.6 is 0 Å². The average molecular weight is 376 g/mol. The van der Waals surface area contributed by atoms with Crippen molar-refractivity contribution in [2.45, 2.75) is 46.6 Å². The van der Waals surface area contributed by atoms with Gasteiger partial charge in [-0.2, -0.15) is 0 Å². The summed E-state index contributed by atoms with van der Waals surface area (Å²) in [5, 5.41) is 8.79. The van der Waals surface area contributed by atoms with E-state index in [0.29, 0.717) is 48.5 Å². The van der Waals surface area contributed by atoms with Gasteiger partial charge in [0, 0.05) is 25.2 Å². The van der Waals surface area contributed by atoms with E-state index in [9.17, 15) is 14.4 Å². The zero-order valence-electron chi connectivity index (χ0n) is 16.4. The molecule has 27 heavy (non-hydrogen) atoms. The molecule has 1 aliphatic heterocycles. The first kappa shape index (κ1) is 20.7. The number of benzene rings is 1. The molecule has 1 aromatic carbocycles. The molecule has 7 nitrogen and oxygen atoms in total. The third-order valence-electron chi connectivity index (χ3n) is 4.92. The SMILES string of the molecule is CCN(CC)C(=O)C1CCCN1C(=O)c1cc(C)c(OCC(=O)O)c(C)c1. The molecule has 2 amide bonds. The fourth-order valence-electron chi connectivity index (χ4n) is 3.61.